The topological polar surface area (TPSA) is 73.6 Å². The van der Waals surface area contributed by atoms with Crippen molar-refractivity contribution in [2.24, 2.45) is 23.5 Å². The Morgan fingerprint density at radius 3 is 2.74 bits per heavy atom. The van der Waals surface area contributed by atoms with Gasteiger partial charge in [0.15, 0.2) is 0 Å². The molecule has 2 fully saturated rings. The van der Waals surface area contributed by atoms with Crippen molar-refractivity contribution >= 4 is 6.09 Å². The van der Waals surface area contributed by atoms with Gasteiger partial charge < -0.3 is 20.5 Å². The summed E-state index contributed by atoms with van der Waals surface area (Å²) >= 11 is 0. The highest BCUT2D eigenvalue weighted by Crippen LogP contribution is 2.46. The largest absolute Gasteiger partial charge is 0.444 e. The summed E-state index contributed by atoms with van der Waals surface area (Å²) in [7, 11) is 0. The number of carbonyl (C=O) groups is 1. The second kappa shape index (κ2) is 5.67. The van der Waals surface area contributed by atoms with Gasteiger partial charge in [0.1, 0.15) is 5.60 Å². The molecule has 1 saturated heterocycles. The van der Waals surface area contributed by atoms with Crippen molar-refractivity contribution in [1.29, 1.82) is 0 Å². The van der Waals surface area contributed by atoms with Gasteiger partial charge in [0.25, 0.3) is 0 Å². The van der Waals surface area contributed by atoms with E-state index in [-0.39, 0.29) is 12.2 Å². The molecule has 1 aliphatic heterocycles. The van der Waals surface area contributed by atoms with E-state index in [0.717, 1.165) is 19.6 Å². The molecule has 3 N–H and O–H groups in total. The van der Waals surface area contributed by atoms with Crippen LogP contribution in [0.25, 0.3) is 0 Å². The minimum Gasteiger partial charge on any atom is -0.444 e. The van der Waals surface area contributed by atoms with Crippen molar-refractivity contribution in [3.05, 3.63) is 0 Å². The summed E-state index contributed by atoms with van der Waals surface area (Å²) in [5.74, 6) is 1.61. The number of nitrogens with two attached hydrogens (primary N) is 1. The molecule has 19 heavy (non-hydrogen) atoms. The number of alkyl carbamates (subject to hydrolysis) is 1. The second-order valence-corrected chi connectivity index (χ2v) is 6.66. The Balaban J connectivity index is 1.74. The van der Waals surface area contributed by atoms with Crippen molar-refractivity contribution < 1.29 is 14.3 Å². The van der Waals surface area contributed by atoms with E-state index in [9.17, 15) is 4.79 Å². The first kappa shape index (κ1) is 14.6. The van der Waals surface area contributed by atoms with Crippen molar-refractivity contribution in [2.45, 2.75) is 45.3 Å². The molecule has 1 aliphatic carbocycles. The third-order valence-electron chi connectivity index (χ3n) is 3.87. The van der Waals surface area contributed by atoms with Crippen molar-refractivity contribution in [3.63, 3.8) is 0 Å². The van der Waals surface area contributed by atoms with Gasteiger partial charge in [-0.2, -0.15) is 0 Å². The van der Waals surface area contributed by atoms with Gasteiger partial charge in [0.05, 0.1) is 6.10 Å². The molecule has 0 spiro atoms. The summed E-state index contributed by atoms with van der Waals surface area (Å²) in [4.78, 5) is 11.6. The van der Waals surface area contributed by atoms with Crippen LogP contribution in [0, 0.1) is 17.8 Å². The highest BCUT2D eigenvalue weighted by Gasteiger charge is 2.47. The van der Waals surface area contributed by atoms with Crippen LogP contribution in [-0.2, 0) is 9.47 Å². The fourth-order valence-corrected chi connectivity index (χ4v) is 2.82. The molecule has 5 heteroatoms. The molecule has 2 rings (SSSR count). The molecule has 0 aromatic heterocycles. The summed E-state index contributed by atoms with van der Waals surface area (Å²) in [6, 6.07) is 0. The van der Waals surface area contributed by atoms with Crippen LogP contribution >= 0.6 is 0 Å². The number of hydrogen-bond donors (Lipinski definition) is 2. The van der Waals surface area contributed by atoms with E-state index in [4.69, 9.17) is 15.2 Å². The number of hydrogen-bond acceptors (Lipinski definition) is 4. The Hall–Kier alpha value is -0.810. The van der Waals surface area contributed by atoms with Gasteiger partial charge in [-0.05, 0) is 52.0 Å². The Bertz CT molecular complexity index is 327. The minimum absolute atomic E-state index is 0.267. The smallest absolute Gasteiger partial charge is 0.407 e. The summed E-state index contributed by atoms with van der Waals surface area (Å²) in [5, 5.41) is 2.85. The van der Waals surface area contributed by atoms with Gasteiger partial charge in [0.2, 0.25) is 0 Å². The molecule has 1 unspecified atom stereocenters. The van der Waals surface area contributed by atoms with Crippen LogP contribution in [0.4, 0.5) is 4.79 Å². The molecular formula is C14H26N2O3. The molecule has 1 amide bonds. The summed E-state index contributed by atoms with van der Waals surface area (Å²) < 4.78 is 11.0. The molecule has 2 aliphatic rings. The maximum Gasteiger partial charge on any atom is 0.407 e. The molecule has 110 valence electrons. The molecule has 1 heterocycles. The van der Waals surface area contributed by atoms with Crippen LogP contribution in [0.2, 0.25) is 0 Å². The Morgan fingerprint density at radius 2 is 2.16 bits per heavy atom. The molecule has 4 atom stereocenters. The Morgan fingerprint density at radius 1 is 1.42 bits per heavy atom. The second-order valence-electron chi connectivity index (χ2n) is 6.66. The predicted octanol–water partition coefficient (Wildman–Crippen LogP) is 1.51. The van der Waals surface area contributed by atoms with E-state index in [2.05, 4.69) is 5.32 Å². The van der Waals surface area contributed by atoms with Crippen molar-refractivity contribution in [3.8, 4) is 0 Å². The zero-order valence-electron chi connectivity index (χ0n) is 12.1. The standard InChI is InChI=1S/C14H26N2O3/c1-14(2,3)19-13(17)16-8-9-4-5-18-12(9)11-6-10(11)7-15/h9-12H,4-8,15H2,1-3H3,(H,16,17)/t9-,10-,11+,12?/m0/s1. The molecular weight excluding hydrogens is 244 g/mol. The maximum atomic E-state index is 11.6. The molecule has 0 bridgehead atoms. The molecule has 1 saturated carbocycles. The SMILES string of the molecule is CC(C)(C)OC(=O)NC[C@@H]1CCOC1[C@@H]1C[C@H]1CN. The number of carbonyl (C=O) groups excluding carboxylic acids is 1. The van der Waals surface area contributed by atoms with Gasteiger partial charge in [-0.1, -0.05) is 0 Å². The number of amides is 1. The number of rotatable bonds is 4. The van der Waals surface area contributed by atoms with Gasteiger partial charge in [-0.25, -0.2) is 4.79 Å². The average Bonchev–Trinajstić information content (AvgIpc) is 2.94. The average molecular weight is 270 g/mol. The van der Waals surface area contributed by atoms with Gasteiger partial charge >= 0.3 is 6.09 Å². The molecule has 5 nitrogen and oxygen atoms in total. The lowest BCUT2D eigenvalue weighted by Gasteiger charge is -2.22. The van der Waals surface area contributed by atoms with Crippen molar-refractivity contribution in [2.75, 3.05) is 19.7 Å². The molecule has 0 radical (unpaired) electrons. The van der Waals surface area contributed by atoms with Gasteiger partial charge in [0, 0.05) is 19.1 Å². The third kappa shape index (κ3) is 4.08. The minimum atomic E-state index is -0.448. The Labute approximate surface area is 115 Å². The van der Waals surface area contributed by atoms with E-state index in [1.165, 1.54) is 6.42 Å². The van der Waals surface area contributed by atoms with E-state index in [1.807, 2.05) is 20.8 Å². The highest BCUT2D eigenvalue weighted by molar-refractivity contribution is 5.67. The van der Waals surface area contributed by atoms with E-state index >= 15 is 0 Å². The molecule has 0 aromatic rings. The highest BCUT2D eigenvalue weighted by atomic mass is 16.6. The number of nitrogens with one attached hydrogen (secondary N) is 1. The predicted molar refractivity (Wildman–Crippen MR) is 72.7 cm³/mol. The lowest BCUT2D eigenvalue weighted by molar-refractivity contribution is 0.0473. The maximum absolute atomic E-state index is 11.6. The van der Waals surface area contributed by atoms with E-state index in [0.29, 0.717) is 24.3 Å². The lowest BCUT2D eigenvalue weighted by Crippen LogP contribution is -2.37. The first-order chi connectivity index (χ1) is 8.90. The monoisotopic (exact) mass is 270 g/mol. The van der Waals surface area contributed by atoms with Gasteiger partial charge in [-0.15, -0.1) is 0 Å². The zero-order valence-corrected chi connectivity index (χ0v) is 12.1. The third-order valence-corrected chi connectivity index (χ3v) is 3.87. The van der Waals surface area contributed by atoms with Crippen LogP contribution in [0.1, 0.15) is 33.6 Å². The lowest BCUT2D eigenvalue weighted by atomic mass is 9.97. The molecule has 0 aromatic carbocycles. The number of ether oxygens (including phenoxy) is 2. The first-order valence-electron chi connectivity index (χ1n) is 7.19. The summed E-state index contributed by atoms with van der Waals surface area (Å²) in [5.41, 5.74) is 5.24. The van der Waals surface area contributed by atoms with Crippen LogP contribution < -0.4 is 11.1 Å². The van der Waals surface area contributed by atoms with E-state index in [1.54, 1.807) is 0 Å². The Kier molecular flexibility index (Phi) is 4.36. The fourth-order valence-electron chi connectivity index (χ4n) is 2.82. The zero-order chi connectivity index (χ0) is 14.0. The van der Waals surface area contributed by atoms with E-state index < -0.39 is 5.60 Å². The van der Waals surface area contributed by atoms with Crippen LogP contribution in [0.5, 0.6) is 0 Å². The van der Waals surface area contributed by atoms with Crippen molar-refractivity contribution in [1.82, 2.24) is 5.32 Å². The quantitative estimate of drug-likeness (QED) is 0.812. The fraction of sp³-hybridized carbons (Fsp3) is 0.929. The first-order valence-corrected chi connectivity index (χ1v) is 7.19. The summed E-state index contributed by atoms with van der Waals surface area (Å²) in [6.07, 6.45) is 2.10. The van der Waals surface area contributed by atoms with Crippen LogP contribution in [0.15, 0.2) is 0 Å². The van der Waals surface area contributed by atoms with Gasteiger partial charge in [-0.3, -0.25) is 0 Å². The summed E-state index contributed by atoms with van der Waals surface area (Å²) in [6.45, 7) is 7.77. The normalized spacial score (nSPS) is 34.1. The van der Waals surface area contributed by atoms with Crippen LogP contribution in [-0.4, -0.2) is 37.5 Å². The van der Waals surface area contributed by atoms with Crippen LogP contribution in [0.3, 0.4) is 0 Å².